The SMILES string of the molecule is CC/C=C\C/C=C\C/C=C\C/C=C\C/C=C\C/C=C\CCC(=O)OC(COC(=O)CCCCCCCCCCCCCCCCCCCCCCCCC)COC1OC(CS(=O)(=O)O)C(O)C(O)C1O. The third-order valence-electron chi connectivity index (χ3n) is 12.3. The molecule has 1 aliphatic rings. The molecule has 0 bridgehead atoms. The van der Waals surface area contributed by atoms with Gasteiger partial charge in [-0.2, -0.15) is 8.42 Å². The van der Waals surface area contributed by atoms with E-state index in [0.29, 0.717) is 19.3 Å². The lowest BCUT2D eigenvalue weighted by molar-refractivity contribution is -0.297. The molecule has 70 heavy (non-hydrogen) atoms. The Hall–Kier alpha value is -2.91. The first-order valence-electron chi connectivity index (χ1n) is 27.5. The van der Waals surface area contributed by atoms with Crippen molar-refractivity contribution in [2.45, 2.75) is 256 Å². The third kappa shape index (κ3) is 39.7. The second kappa shape index (κ2) is 45.9. The van der Waals surface area contributed by atoms with Gasteiger partial charge in [0.2, 0.25) is 0 Å². The zero-order valence-corrected chi connectivity index (χ0v) is 44.4. The molecule has 1 aliphatic heterocycles. The van der Waals surface area contributed by atoms with Gasteiger partial charge >= 0.3 is 11.9 Å². The number of hydrogen-bond acceptors (Lipinski definition) is 11. The lowest BCUT2D eigenvalue weighted by atomic mass is 10.00. The quantitative estimate of drug-likeness (QED) is 0.0196. The number of carbonyl (C=O) groups is 2. The number of allylic oxidation sites excluding steroid dienone is 12. The zero-order chi connectivity index (χ0) is 51.2. The summed E-state index contributed by atoms with van der Waals surface area (Å²) in [5.74, 6) is -2.09. The predicted molar refractivity (Wildman–Crippen MR) is 284 cm³/mol. The fourth-order valence-electron chi connectivity index (χ4n) is 8.12. The van der Waals surface area contributed by atoms with E-state index in [-0.39, 0.29) is 19.4 Å². The monoisotopic (exact) mass is 1010 g/mol. The van der Waals surface area contributed by atoms with Crippen molar-refractivity contribution in [2.24, 2.45) is 0 Å². The van der Waals surface area contributed by atoms with Crippen LogP contribution in [0.3, 0.4) is 0 Å². The highest BCUT2D eigenvalue weighted by molar-refractivity contribution is 7.85. The van der Waals surface area contributed by atoms with Crippen molar-refractivity contribution < 1.29 is 56.8 Å². The maximum Gasteiger partial charge on any atom is 0.306 e. The topological polar surface area (TPSA) is 186 Å². The van der Waals surface area contributed by atoms with Gasteiger partial charge in [-0.1, -0.05) is 228 Å². The molecule has 1 heterocycles. The van der Waals surface area contributed by atoms with Crippen LogP contribution in [0, 0.1) is 0 Å². The second-order valence-electron chi connectivity index (χ2n) is 18.9. The van der Waals surface area contributed by atoms with Crippen molar-refractivity contribution in [1.82, 2.24) is 0 Å². The fourth-order valence-corrected chi connectivity index (χ4v) is 8.81. The Balaban J connectivity index is 2.37. The minimum absolute atomic E-state index is 0.0377. The van der Waals surface area contributed by atoms with Crippen LogP contribution in [0.25, 0.3) is 0 Å². The molecule has 0 aromatic rings. The number of esters is 2. The summed E-state index contributed by atoms with van der Waals surface area (Å²) >= 11 is 0. The van der Waals surface area contributed by atoms with E-state index in [1.807, 2.05) is 12.2 Å². The smallest absolute Gasteiger partial charge is 0.306 e. The summed E-state index contributed by atoms with van der Waals surface area (Å²) < 4.78 is 54.2. The Labute approximate surface area is 425 Å². The minimum Gasteiger partial charge on any atom is -0.462 e. The highest BCUT2D eigenvalue weighted by Crippen LogP contribution is 2.24. The normalized spacial score (nSPS) is 19.5. The van der Waals surface area contributed by atoms with Crippen LogP contribution < -0.4 is 0 Å². The van der Waals surface area contributed by atoms with Gasteiger partial charge in [0.05, 0.1) is 6.61 Å². The van der Waals surface area contributed by atoms with E-state index < -0.39 is 71.2 Å². The second-order valence-corrected chi connectivity index (χ2v) is 20.4. The molecule has 4 N–H and O–H groups in total. The van der Waals surface area contributed by atoms with Gasteiger partial charge in [-0.25, -0.2) is 0 Å². The van der Waals surface area contributed by atoms with Crippen molar-refractivity contribution in [1.29, 1.82) is 0 Å². The van der Waals surface area contributed by atoms with Gasteiger partial charge in [0.1, 0.15) is 36.8 Å². The first kappa shape index (κ1) is 65.1. The molecule has 6 atom stereocenters. The molecular formula is C57H98O12S. The van der Waals surface area contributed by atoms with E-state index in [9.17, 15) is 37.9 Å². The molecule has 1 rings (SSSR count). The molecule has 0 saturated carbocycles. The van der Waals surface area contributed by atoms with E-state index >= 15 is 0 Å². The van der Waals surface area contributed by atoms with E-state index in [0.717, 1.165) is 51.4 Å². The summed E-state index contributed by atoms with van der Waals surface area (Å²) in [6.07, 6.45) is 51.1. The molecule has 6 unspecified atom stereocenters. The van der Waals surface area contributed by atoms with Gasteiger partial charge in [-0.3, -0.25) is 14.1 Å². The summed E-state index contributed by atoms with van der Waals surface area (Å²) in [6.45, 7) is 3.62. The maximum atomic E-state index is 12.9. The van der Waals surface area contributed by atoms with Gasteiger partial charge < -0.3 is 34.3 Å². The molecule has 0 aromatic heterocycles. The number of hydrogen-bond donors (Lipinski definition) is 4. The van der Waals surface area contributed by atoms with Crippen molar-refractivity contribution >= 4 is 22.1 Å². The van der Waals surface area contributed by atoms with Crippen molar-refractivity contribution in [3.8, 4) is 0 Å². The lowest BCUT2D eigenvalue weighted by Gasteiger charge is -2.40. The van der Waals surface area contributed by atoms with E-state index in [1.54, 1.807) is 0 Å². The summed E-state index contributed by atoms with van der Waals surface area (Å²) in [5.41, 5.74) is 0. The molecule has 1 fully saturated rings. The van der Waals surface area contributed by atoms with Crippen LogP contribution in [0.1, 0.15) is 219 Å². The molecule has 0 aliphatic carbocycles. The number of rotatable bonds is 46. The summed E-state index contributed by atoms with van der Waals surface area (Å²) in [6, 6.07) is 0. The highest BCUT2D eigenvalue weighted by Gasteiger charge is 2.46. The zero-order valence-electron chi connectivity index (χ0n) is 43.6. The van der Waals surface area contributed by atoms with E-state index in [2.05, 4.69) is 74.6 Å². The summed E-state index contributed by atoms with van der Waals surface area (Å²) in [7, 11) is -4.62. The summed E-state index contributed by atoms with van der Waals surface area (Å²) in [4.78, 5) is 25.5. The Morgan fingerprint density at radius 1 is 0.500 bits per heavy atom. The van der Waals surface area contributed by atoms with Crippen LogP contribution in [0.4, 0.5) is 0 Å². The predicted octanol–water partition coefficient (Wildman–Crippen LogP) is 13.0. The number of unbranched alkanes of at least 4 members (excludes halogenated alkanes) is 22. The molecule has 13 heteroatoms. The van der Waals surface area contributed by atoms with Gasteiger partial charge in [0.15, 0.2) is 12.4 Å². The molecule has 0 radical (unpaired) electrons. The molecule has 12 nitrogen and oxygen atoms in total. The summed E-state index contributed by atoms with van der Waals surface area (Å²) in [5, 5.41) is 31.0. The van der Waals surface area contributed by atoms with Crippen LogP contribution in [-0.2, 0) is 38.7 Å². The Morgan fingerprint density at radius 2 is 0.900 bits per heavy atom. The first-order valence-corrected chi connectivity index (χ1v) is 29.1. The van der Waals surface area contributed by atoms with E-state index in [4.69, 9.17) is 18.9 Å². The first-order chi connectivity index (χ1) is 34.0. The van der Waals surface area contributed by atoms with Crippen molar-refractivity contribution in [3.63, 3.8) is 0 Å². The molecule has 0 aromatic carbocycles. The maximum absolute atomic E-state index is 12.9. The van der Waals surface area contributed by atoms with Crippen molar-refractivity contribution in [2.75, 3.05) is 19.0 Å². The minimum atomic E-state index is -4.62. The molecule has 404 valence electrons. The Morgan fingerprint density at radius 3 is 1.31 bits per heavy atom. The van der Waals surface area contributed by atoms with Crippen LogP contribution in [0.15, 0.2) is 72.9 Å². The van der Waals surface area contributed by atoms with Crippen LogP contribution >= 0.6 is 0 Å². The molecule has 0 spiro atoms. The van der Waals surface area contributed by atoms with Gasteiger partial charge in [0, 0.05) is 12.8 Å². The largest absolute Gasteiger partial charge is 0.462 e. The molecule has 0 amide bonds. The van der Waals surface area contributed by atoms with E-state index in [1.165, 1.54) is 122 Å². The van der Waals surface area contributed by atoms with Crippen LogP contribution in [0.2, 0.25) is 0 Å². The van der Waals surface area contributed by atoms with Gasteiger partial charge in [-0.15, -0.1) is 0 Å². The van der Waals surface area contributed by atoms with Gasteiger partial charge in [-0.05, 0) is 51.4 Å². The Bertz CT molecular complexity index is 1550. The van der Waals surface area contributed by atoms with Crippen molar-refractivity contribution in [3.05, 3.63) is 72.9 Å². The highest BCUT2D eigenvalue weighted by atomic mass is 32.2. The van der Waals surface area contributed by atoms with Crippen LogP contribution in [-0.4, -0.2) is 96.0 Å². The number of ether oxygens (including phenoxy) is 4. The molecular weight excluding hydrogens is 909 g/mol. The number of aliphatic hydroxyl groups is 3. The third-order valence-corrected chi connectivity index (χ3v) is 13.1. The standard InChI is InChI=1S/C57H98O12S/c1-3-5-7-9-11-13-15-17-19-21-23-24-25-26-28-29-31-33-35-37-39-41-43-45-52(58)66-47-50(48-67-57-56(62)55(61)54(60)51(69-57)49-70(63,64)65)68-53(59)46-44-42-40-38-36-34-32-30-27-22-20-18-16-14-12-10-8-6-4-2/h6,8,12,14,18,20,27,30,34,36,40,42,50-51,54-57,60-62H,3-5,7,9-11,13,15-17,19,21-26,28-29,31-33,35,37-39,41,43-49H2,1-2H3,(H,63,64,65)/b8-6-,14-12-,20-18-,30-27-,36-34-,42-40-. The fraction of sp³-hybridized carbons (Fsp3) is 0.754. The number of carbonyl (C=O) groups excluding carboxylic acids is 2. The molecule has 1 saturated heterocycles. The van der Waals surface area contributed by atoms with Gasteiger partial charge in [0.25, 0.3) is 10.1 Å². The average molecular weight is 1010 g/mol. The number of aliphatic hydroxyl groups excluding tert-OH is 3. The van der Waals surface area contributed by atoms with Crippen LogP contribution in [0.5, 0.6) is 0 Å². The average Bonchev–Trinajstić information content (AvgIpc) is 3.33. The lowest BCUT2D eigenvalue weighted by Crippen LogP contribution is -2.60. The Kier molecular flexibility index (Phi) is 42.7.